The van der Waals surface area contributed by atoms with E-state index in [0.717, 1.165) is 16.3 Å². The normalized spacial score (nSPS) is 25.7. The number of anilines is 1. The zero-order valence-corrected chi connectivity index (χ0v) is 10.9. The van der Waals surface area contributed by atoms with E-state index < -0.39 is 0 Å². The molecule has 1 aromatic rings. The van der Waals surface area contributed by atoms with Crippen LogP contribution in [0, 0.1) is 11.8 Å². The largest absolute Gasteiger partial charge is 0.396 e. The molecule has 0 aliphatic heterocycles. The van der Waals surface area contributed by atoms with E-state index in [9.17, 15) is 5.11 Å². The lowest BCUT2D eigenvalue weighted by Crippen LogP contribution is -2.20. The van der Waals surface area contributed by atoms with Crippen molar-refractivity contribution in [2.45, 2.75) is 19.3 Å². The Morgan fingerprint density at radius 2 is 2.33 bits per heavy atom. The summed E-state index contributed by atoms with van der Waals surface area (Å²) in [6, 6.07) is 0. The fourth-order valence-corrected chi connectivity index (χ4v) is 3.33. The molecule has 84 valence electrons. The van der Waals surface area contributed by atoms with E-state index in [-0.39, 0.29) is 0 Å². The lowest BCUT2D eigenvalue weighted by molar-refractivity contribution is 0.199. The first kappa shape index (κ1) is 11.4. The summed E-state index contributed by atoms with van der Waals surface area (Å²) in [6.45, 7) is 1.26. The van der Waals surface area contributed by atoms with Crippen LogP contribution in [-0.2, 0) is 0 Å². The molecular weight excluding hydrogens is 276 g/mol. The molecule has 0 bridgehead atoms. The van der Waals surface area contributed by atoms with Crippen molar-refractivity contribution in [2.75, 3.05) is 18.5 Å². The Morgan fingerprint density at radius 1 is 1.53 bits per heavy atom. The number of aliphatic hydroxyl groups is 1. The van der Waals surface area contributed by atoms with Gasteiger partial charge < -0.3 is 10.4 Å². The molecule has 0 spiro atoms. The maximum Gasteiger partial charge on any atom is 0.183 e. The van der Waals surface area contributed by atoms with Crippen molar-refractivity contribution in [2.24, 2.45) is 11.8 Å². The zero-order valence-electron chi connectivity index (χ0n) is 8.45. The molecule has 0 saturated heterocycles. The van der Waals surface area contributed by atoms with Crippen LogP contribution in [0.2, 0.25) is 0 Å². The first-order valence-electron chi connectivity index (χ1n) is 5.25. The number of nitrogens with one attached hydrogen (secondary N) is 1. The molecule has 0 aromatic carbocycles. The molecule has 15 heavy (non-hydrogen) atoms. The van der Waals surface area contributed by atoms with Crippen LogP contribution in [0.5, 0.6) is 0 Å². The van der Waals surface area contributed by atoms with Crippen molar-refractivity contribution in [3.8, 4) is 0 Å². The molecule has 1 aliphatic rings. The van der Waals surface area contributed by atoms with E-state index in [4.69, 9.17) is 0 Å². The third-order valence-electron chi connectivity index (χ3n) is 3.04. The summed E-state index contributed by atoms with van der Waals surface area (Å²) in [6.07, 6.45) is 3.65. The molecule has 5 heteroatoms. The molecule has 0 amide bonds. The monoisotopic (exact) mass is 290 g/mol. The van der Waals surface area contributed by atoms with Gasteiger partial charge in [-0.15, -0.1) is 11.3 Å². The Balaban J connectivity index is 1.82. The summed E-state index contributed by atoms with van der Waals surface area (Å²) in [5, 5.41) is 15.5. The molecule has 2 N–H and O–H groups in total. The average molecular weight is 291 g/mol. The van der Waals surface area contributed by atoms with Crippen molar-refractivity contribution < 1.29 is 5.11 Å². The SMILES string of the molecule is OCC1CCCC1CNc1nc(Br)cs1. The maximum absolute atomic E-state index is 9.19. The van der Waals surface area contributed by atoms with Crippen molar-refractivity contribution in [3.63, 3.8) is 0 Å². The fourth-order valence-electron chi connectivity index (χ4n) is 2.18. The highest BCUT2D eigenvalue weighted by Gasteiger charge is 2.26. The van der Waals surface area contributed by atoms with Gasteiger partial charge in [-0.25, -0.2) is 4.98 Å². The Morgan fingerprint density at radius 3 is 3.00 bits per heavy atom. The number of aliphatic hydroxyl groups excluding tert-OH is 1. The van der Waals surface area contributed by atoms with Gasteiger partial charge in [-0.1, -0.05) is 6.42 Å². The van der Waals surface area contributed by atoms with Gasteiger partial charge in [-0.3, -0.25) is 0 Å². The smallest absolute Gasteiger partial charge is 0.183 e. The van der Waals surface area contributed by atoms with Crippen LogP contribution in [0.1, 0.15) is 19.3 Å². The second-order valence-corrected chi connectivity index (χ2v) is 5.66. The first-order chi connectivity index (χ1) is 7.29. The van der Waals surface area contributed by atoms with Crippen molar-refractivity contribution in [1.82, 2.24) is 4.98 Å². The molecule has 2 rings (SSSR count). The van der Waals surface area contributed by atoms with E-state index in [1.54, 1.807) is 11.3 Å². The lowest BCUT2D eigenvalue weighted by Gasteiger charge is -2.17. The lowest BCUT2D eigenvalue weighted by atomic mass is 9.97. The molecule has 1 aliphatic carbocycles. The van der Waals surface area contributed by atoms with Crippen molar-refractivity contribution in [1.29, 1.82) is 0 Å². The second kappa shape index (κ2) is 5.27. The van der Waals surface area contributed by atoms with Gasteiger partial charge in [-0.05, 0) is 40.6 Å². The van der Waals surface area contributed by atoms with Crippen LogP contribution in [0.25, 0.3) is 0 Å². The van der Waals surface area contributed by atoms with Gasteiger partial charge in [0.1, 0.15) is 4.60 Å². The maximum atomic E-state index is 9.19. The fraction of sp³-hybridized carbons (Fsp3) is 0.700. The summed E-state index contributed by atoms with van der Waals surface area (Å²) in [5.74, 6) is 1.10. The van der Waals surface area contributed by atoms with E-state index in [1.807, 2.05) is 5.38 Å². The zero-order chi connectivity index (χ0) is 10.7. The molecule has 2 unspecified atom stereocenters. The molecule has 1 aromatic heterocycles. The van der Waals surface area contributed by atoms with Crippen molar-refractivity contribution >= 4 is 32.4 Å². The van der Waals surface area contributed by atoms with E-state index in [0.29, 0.717) is 18.4 Å². The Kier molecular flexibility index (Phi) is 3.99. The summed E-state index contributed by atoms with van der Waals surface area (Å²) in [4.78, 5) is 4.28. The number of nitrogens with zero attached hydrogens (tertiary/aromatic N) is 1. The number of thiazole rings is 1. The highest BCUT2D eigenvalue weighted by molar-refractivity contribution is 9.10. The van der Waals surface area contributed by atoms with E-state index in [1.165, 1.54) is 19.3 Å². The minimum atomic E-state index is 0.327. The van der Waals surface area contributed by atoms with Crippen LogP contribution >= 0.6 is 27.3 Å². The summed E-state index contributed by atoms with van der Waals surface area (Å²) >= 11 is 4.94. The number of rotatable bonds is 4. The van der Waals surface area contributed by atoms with Crippen LogP contribution in [0.3, 0.4) is 0 Å². The summed E-state index contributed by atoms with van der Waals surface area (Å²) < 4.78 is 0.889. The molecular formula is C10H15BrN2OS. The highest BCUT2D eigenvalue weighted by atomic mass is 79.9. The number of hydrogen-bond donors (Lipinski definition) is 2. The Bertz CT molecular complexity index is 318. The average Bonchev–Trinajstić information content (AvgIpc) is 2.83. The quantitative estimate of drug-likeness (QED) is 0.896. The molecule has 2 atom stereocenters. The molecule has 1 saturated carbocycles. The van der Waals surface area contributed by atoms with Gasteiger partial charge >= 0.3 is 0 Å². The van der Waals surface area contributed by atoms with E-state index in [2.05, 4.69) is 26.2 Å². The highest BCUT2D eigenvalue weighted by Crippen LogP contribution is 2.31. The minimum Gasteiger partial charge on any atom is -0.396 e. The first-order valence-corrected chi connectivity index (χ1v) is 6.92. The van der Waals surface area contributed by atoms with Gasteiger partial charge in [0, 0.05) is 18.5 Å². The minimum absolute atomic E-state index is 0.327. The second-order valence-electron chi connectivity index (χ2n) is 3.99. The predicted octanol–water partition coefficient (Wildman–Crippen LogP) is 2.73. The van der Waals surface area contributed by atoms with Crippen molar-refractivity contribution in [3.05, 3.63) is 9.98 Å². The number of aromatic nitrogens is 1. The number of halogens is 1. The topological polar surface area (TPSA) is 45.1 Å². The summed E-state index contributed by atoms with van der Waals surface area (Å²) in [5.41, 5.74) is 0. The molecule has 1 fully saturated rings. The van der Waals surface area contributed by atoms with Crippen LogP contribution in [0.15, 0.2) is 9.98 Å². The third kappa shape index (κ3) is 2.92. The van der Waals surface area contributed by atoms with Gasteiger partial charge in [0.05, 0.1) is 0 Å². The Hall–Kier alpha value is -0.130. The Labute approximate surface area is 102 Å². The summed E-state index contributed by atoms with van der Waals surface area (Å²) in [7, 11) is 0. The molecule has 1 heterocycles. The predicted molar refractivity (Wildman–Crippen MR) is 66.2 cm³/mol. The van der Waals surface area contributed by atoms with E-state index >= 15 is 0 Å². The van der Waals surface area contributed by atoms with Crippen LogP contribution < -0.4 is 5.32 Å². The van der Waals surface area contributed by atoms with Gasteiger partial charge in [0.15, 0.2) is 5.13 Å². The standard InChI is InChI=1S/C10H15BrN2OS/c11-9-6-15-10(13-9)12-4-7-2-1-3-8(7)5-14/h6-8,14H,1-5H2,(H,12,13). The third-order valence-corrected chi connectivity index (χ3v) is 4.55. The molecule has 0 radical (unpaired) electrons. The number of hydrogen-bond acceptors (Lipinski definition) is 4. The van der Waals surface area contributed by atoms with Crippen LogP contribution in [0.4, 0.5) is 5.13 Å². The van der Waals surface area contributed by atoms with Gasteiger partial charge in [0.25, 0.3) is 0 Å². The molecule has 3 nitrogen and oxygen atoms in total. The van der Waals surface area contributed by atoms with Gasteiger partial charge in [0.2, 0.25) is 0 Å². The van der Waals surface area contributed by atoms with Gasteiger partial charge in [-0.2, -0.15) is 0 Å². The van der Waals surface area contributed by atoms with Crippen LogP contribution in [-0.4, -0.2) is 23.2 Å².